The van der Waals surface area contributed by atoms with E-state index in [4.69, 9.17) is 4.74 Å². The first-order chi connectivity index (χ1) is 8.25. The Morgan fingerprint density at radius 1 is 1.41 bits per heavy atom. The van der Waals surface area contributed by atoms with Crippen LogP contribution in [0.3, 0.4) is 0 Å². The zero-order valence-corrected chi connectivity index (χ0v) is 10.3. The van der Waals surface area contributed by atoms with Crippen LogP contribution in [-0.4, -0.2) is 23.9 Å². The lowest BCUT2D eigenvalue weighted by Crippen LogP contribution is -2.33. The van der Waals surface area contributed by atoms with E-state index in [9.17, 15) is 5.11 Å². The summed E-state index contributed by atoms with van der Waals surface area (Å²) >= 11 is 0. The van der Waals surface area contributed by atoms with Crippen LogP contribution >= 0.6 is 0 Å². The number of ether oxygens (including phenoxy) is 1. The fourth-order valence-corrected chi connectivity index (χ4v) is 3.21. The van der Waals surface area contributed by atoms with Crippen LogP contribution in [0.25, 0.3) is 0 Å². The molecule has 1 aromatic carbocycles. The molecule has 4 unspecified atom stereocenters. The van der Waals surface area contributed by atoms with Crippen LogP contribution in [0.5, 0.6) is 0 Å². The first-order valence-corrected chi connectivity index (χ1v) is 6.63. The average Bonchev–Trinajstić information content (AvgIpc) is 2.72. The lowest BCUT2D eigenvalue weighted by atomic mass is 9.74. The number of rotatable bonds is 3. The summed E-state index contributed by atoms with van der Waals surface area (Å²) in [5.41, 5.74) is 2.88. The molecule has 2 heteroatoms. The minimum absolute atomic E-state index is 0.0581. The molecule has 1 heterocycles. The van der Waals surface area contributed by atoms with Crippen molar-refractivity contribution in [2.45, 2.75) is 44.3 Å². The Hall–Kier alpha value is -0.860. The molecule has 2 aliphatic rings. The second kappa shape index (κ2) is 4.43. The van der Waals surface area contributed by atoms with Gasteiger partial charge in [-0.2, -0.15) is 0 Å². The molecule has 0 aromatic heterocycles. The van der Waals surface area contributed by atoms with E-state index in [1.807, 2.05) is 0 Å². The standard InChI is InChI=1S/C15H20O2/c1-10-6-7-17-15(10)14(16)9-12-8-11-4-2-3-5-13(11)12/h2-5,10,12,14-16H,6-9H2,1H3. The quantitative estimate of drug-likeness (QED) is 0.867. The van der Waals surface area contributed by atoms with Crippen molar-refractivity contribution in [1.29, 1.82) is 0 Å². The molecule has 0 amide bonds. The molecule has 2 nitrogen and oxygen atoms in total. The number of aliphatic hydroxyl groups excluding tert-OH is 1. The zero-order chi connectivity index (χ0) is 11.8. The third-order valence-electron chi connectivity index (χ3n) is 4.31. The topological polar surface area (TPSA) is 29.5 Å². The third-order valence-corrected chi connectivity index (χ3v) is 4.31. The summed E-state index contributed by atoms with van der Waals surface area (Å²) in [6.45, 7) is 2.99. The summed E-state index contributed by atoms with van der Waals surface area (Å²) in [5.74, 6) is 1.04. The SMILES string of the molecule is CC1CCOC1C(O)CC1Cc2ccccc21. The second-order valence-electron chi connectivity index (χ2n) is 5.50. The maximum atomic E-state index is 10.3. The highest BCUT2D eigenvalue weighted by molar-refractivity contribution is 5.39. The van der Waals surface area contributed by atoms with E-state index in [0.717, 1.165) is 25.9 Å². The van der Waals surface area contributed by atoms with Gasteiger partial charge in [-0.3, -0.25) is 0 Å². The molecule has 17 heavy (non-hydrogen) atoms. The minimum Gasteiger partial charge on any atom is -0.390 e. The van der Waals surface area contributed by atoms with Gasteiger partial charge in [0.25, 0.3) is 0 Å². The molecule has 1 aliphatic heterocycles. The van der Waals surface area contributed by atoms with Crippen LogP contribution in [0.2, 0.25) is 0 Å². The predicted molar refractivity (Wildman–Crippen MR) is 67.0 cm³/mol. The average molecular weight is 232 g/mol. The van der Waals surface area contributed by atoms with Crippen molar-refractivity contribution in [1.82, 2.24) is 0 Å². The minimum atomic E-state index is -0.300. The summed E-state index contributed by atoms with van der Waals surface area (Å²) in [6.07, 6.45) is 2.82. The summed E-state index contributed by atoms with van der Waals surface area (Å²) in [4.78, 5) is 0. The molecule has 0 radical (unpaired) electrons. The lowest BCUT2D eigenvalue weighted by molar-refractivity contribution is -0.0240. The van der Waals surface area contributed by atoms with Crippen LogP contribution < -0.4 is 0 Å². The number of hydrogen-bond acceptors (Lipinski definition) is 2. The molecule has 0 saturated carbocycles. The van der Waals surface area contributed by atoms with Crippen molar-refractivity contribution in [2.75, 3.05) is 6.61 Å². The highest BCUT2D eigenvalue weighted by Crippen LogP contribution is 2.39. The highest BCUT2D eigenvalue weighted by atomic mass is 16.5. The van der Waals surface area contributed by atoms with Gasteiger partial charge in [0.15, 0.2) is 0 Å². The zero-order valence-electron chi connectivity index (χ0n) is 10.3. The van der Waals surface area contributed by atoms with E-state index in [1.165, 1.54) is 11.1 Å². The second-order valence-corrected chi connectivity index (χ2v) is 5.50. The van der Waals surface area contributed by atoms with Crippen molar-refractivity contribution in [2.24, 2.45) is 5.92 Å². The molecular formula is C15H20O2. The summed E-state index contributed by atoms with van der Waals surface area (Å²) < 4.78 is 5.63. The fraction of sp³-hybridized carbons (Fsp3) is 0.600. The first-order valence-electron chi connectivity index (χ1n) is 6.63. The van der Waals surface area contributed by atoms with Crippen LogP contribution in [0, 0.1) is 5.92 Å². The van der Waals surface area contributed by atoms with E-state index in [-0.39, 0.29) is 12.2 Å². The van der Waals surface area contributed by atoms with Gasteiger partial charge in [-0.25, -0.2) is 0 Å². The Morgan fingerprint density at radius 2 is 2.24 bits per heavy atom. The predicted octanol–water partition coefficient (Wildman–Crippen LogP) is 2.50. The third kappa shape index (κ3) is 2.00. The number of hydrogen-bond donors (Lipinski definition) is 1. The van der Waals surface area contributed by atoms with Crippen LogP contribution in [0.4, 0.5) is 0 Å². The number of fused-ring (bicyclic) bond motifs is 1. The monoisotopic (exact) mass is 232 g/mol. The fourth-order valence-electron chi connectivity index (χ4n) is 3.21. The van der Waals surface area contributed by atoms with Crippen molar-refractivity contribution >= 4 is 0 Å². The van der Waals surface area contributed by atoms with Gasteiger partial charge in [-0.1, -0.05) is 31.2 Å². The Balaban J connectivity index is 1.62. The van der Waals surface area contributed by atoms with Gasteiger partial charge >= 0.3 is 0 Å². The maximum Gasteiger partial charge on any atom is 0.0860 e. The van der Waals surface area contributed by atoms with Gasteiger partial charge in [-0.15, -0.1) is 0 Å². The van der Waals surface area contributed by atoms with Crippen molar-refractivity contribution in [3.63, 3.8) is 0 Å². The van der Waals surface area contributed by atoms with E-state index in [2.05, 4.69) is 31.2 Å². The Labute approximate surface area is 103 Å². The highest BCUT2D eigenvalue weighted by Gasteiger charge is 2.35. The normalized spacial score (nSPS) is 32.9. The number of aliphatic hydroxyl groups is 1. The Bertz CT molecular complexity index is 402. The summed E-state index contributed by atoms with van der Waals surface area (Å²) in [5, 5.41) is 10.3. The maximum absolute atomic E-state index is 10.3. The van der Waals surface area contributed by atoms with Gasteiger partial charge in [0.05, 0.1) is 12.2 Å². The van der Waals surface area contributed by atoms with Gasteiger partial charge in [-0.05, 0) is 42.2 Å². The largest absolute Gasteiger partial charge is 0.390 e. The van der Waals surface area contributed by atoms with Gasteiger partial charge in [0, 0.05) is 6.61 Å². The van der Waals surface area contributed by atoms with Gasteiger partial charge in [0.2, 0.25) is 0 Å². The molecule has 1 aliphatic carbocycles. The van der Waals surface area contributed by atoms with Gasteiger partial charge < -0.3 is 9.84 Å². The molecule has 92 valence electrons. The van der Waals surface area contributed by atoms with Crippen LogP contribution in [0.15, 0.2) is 24.3 Å². The molecule has 1 aromatic rings. The Morgan fingerprint density at radius 3 is 2.94 bits per heavy atom. The van der Waals surface area contributed by atoms with E-state index in [0.29, 0.717) is 11.8 Å². The van der Waals surface area contributed by atoms with Crippen molar-refractivity contribution in [3.8, 4) is 0 Å². The first kappa shape index (κ1) is 11.2. The number of benzene rings is 1. The van der Waals surface area contributed by atoms with Crippen LogP contribution in [-0.2, 0) is 11.2 Å². The summed E-state index contributed by atoms with van der Waals surface area (Å²) in [7, 11) is 0. The molecular weight excluding hydrogens is 212 g/mol. The van der Waals surface area contributed by atoms with Crippen molar-refractivity contribution < 1.29 is 9.84 Å². The smallest absolute Gasteiger partial charge is 0.0860 e. The molecule has 0 bridgehead atoms. The molecule has 1 fully saturated rings. The lowest BCUT2D eigenvalue weighted by Gasteiger charge is -2.33. The Kier molecular flexibility index (Phi) is 2.93. The van der Waals surface area contributed by atoms with Crippen LogP contribution in [0.1, 0.15) is 36.8 Å². The van der Waals surface area contributed by atoms with E-state index < -0.39 is 0 Å². The molecule has 3 rings (SSSR count). The van der Waals surface area contributed by atoms with E-state index >= 15 is 0 Å². The van der Waals surface area contributed by atoms with E-state index in [1.54, 1.807) is 0 Å². The molecule has 1 saturated heterocycles. The molecule has 1 N–H and O–H groups in total. The van der Waals surface area contributed by atoms with Crippen molar-refractivity contribution in [3.05, 3.63) is 35.4 Å². The molecule has 0 spiro atoms. The molecule has 4 atom stereocenters. The van der Waals surface area contributed by atoms with Gasteiger partial charge in [0.1, 0.15) is 0 Å². The summed E-state index contributed by atoms with van der Waals surface area (Å²) in [6, 6.07) is 8.56.